The molecular formula is C13H15ClIN3S. The minimum atomic E-state index is -0.0450. The highest BCUT2D eigenvalue weighted by molar-refractivity contribution is 14.1. The van der Waals surface area contributed by atoms with Gasteiger partial charge in [0.15, 0.2) is 0 Å². The van der Waals surface area contributed by atoms with E-state index >= 15 is 0 Å². The van der Waals surface area contributed by atoms with Gasteiger partial charge in [-0.3, -0.25) is 0 Å². The van der Waals surface area contributed by atoms with Crippen molar-refractivity contribution in [1.29, 1.82) is 0 Å². The van der Waals surface area contributed by atoms with Crippen molar-refractivity contribution in [2.45, 2.75) is 39.5 Å². The van der Waals surface area contributed by atoms with Crippen molar-refractivity contribution in [1.82, 2.24) is 15.0 Å². The maximum Gasteiger partial charge on any atom is 0.146 e. The molecule has 0 aliphatic rings. The summed E-state index contributed by atoms with van der Waals surface area (Å²) in [5, 5.41) is 3.59. The zero-order valence-electron chi connectivity index (χ0n) is 11.3. The van der Waals surface area contributed by atoms with Crippen LogP contribution in [0.2, 0.25) is 5.15 Å². The Morgan fingerprint density at radius 1 is 1.26 bits per heavy atom. The van der Waals surface area contributed by atoms with Crippen molar-refractivity contribution in [2.75, 3.05) is 0 Å². The van der Waals surface area contributed by atoms with E-state index in [1.54, 1.807) is 11.3 Å². The van der Waals surface area contributed by atoms with Gasteiger partial charge >= 0.3 is 0 Å². The molecule has 0 radical (unpaired) electrons. The van der Waals surface area contributed by atoms with E-state index in [9.17, 15) is 0 Å². The third kappa shape index (κ3) is 3.64. The Kier molecular flexibility index (Phi) is 4.47. The standard InChI is InChI=1S/C13H15ClIN3S/c1-7-6-19-9(16-7)5-8-17-11(13(2,3)4)10(15)12(14)18-8/h6H,5H2,1-4H3. The lowest BCUT2D eigenvalue weighted by Crippen LogP contribution is -2.18. The van der Waals surface area contributed by atoms with Crippen LogP contribution in [0.25, 0.3) is 0 Å². The molecule has 0 saturated heterocycles. The number of hydrogen-bond acceptors (Lipinski definition) is 4. The molecule has 3 nitrogen and oxygen atoms in total. The fourth-order valence-electron chi connectivity index (χ4n) is 1.66. The van der Waals surface area contributed by atoms with Crippen LogP contribution in [-0.2, 0) is 11.8 Å². The average Bonchev–Trinajstić information content (AvgIpc) is 2.67. The van der Waals surface area contributed by atoms with E-state index in [-0.39, 0.29) is 5.41 Å². The minimum absolute atomic E-state index is 0.0450. The Labute approximate surface area is 136 Å². The van der Waals surface area contributed by atoms with Crippen molar-refractivity contribution in [2.24, 2.45) is 0 Å². The summed E-state index contributed by atoms with van der Waals surface area (Å²) in [6.07, 6.45) is 0.637. The summed E-state index contributed by atoms with van der Waals surface area (Å²) in [5.74, 6) is 0.740. The maximum absolute atomic E-state index is 6.22. The van der Waals surface area contributed by atoms with Crippen molar-refractivity contribution in [3.8, 4) is 0 Å². The number of halogens is 2. The Morgan fingerprint density at radius 2 is 1.95 bits per heavy atom. The van der Waals surface area contributed by atoms with Gasteiger partial charge in [-0.2, -0.15) is 0 Å². The molecule has 102 valence electrons. The van der Waals surface area contributed by atoms with Gasteiger partial charge in [-0.05, 0) is 29.5 Å². The topological polar surface area (TPSA) is 38.7 Å². The number of aryl methyl sites for hydroxylation is 1. The Bertz CT molecular complexity index is 604. The molecule has 0 aromatic carbocycles. The lowest BCUT2D eigenvalue weighted by atomic mass is 9.92. The van der Waals surface area contributed by atoms with Crippen LogP contribution in [0.5, 0.6) is 0 Å². The fraction of sp³-hybridized carbons (Fsp3) is 0.462. The highest BCUT2D eigenvalue weighted by Gasteiger charge is 2.22. The summed E-state index contributed by atoms with van der Waals surface area (Å²) in [5.41, 5.74) is 1.99. The van der Waals surface area contributed by atoms with Crippen LogP contribution in [0, 0.1) is 10.5 Å². The van der Waals surface area contributed by atoms with E-state index in [2.05, 4.69) is 58.3 Å². The first kappa shape index (κ1) is 15.1. The SMILES string of the molecule is Cc1csc(Cc2nc(Cl)c(I)c(C(C)(C)C)n2)n1. The summed E-state index contributed by atoms with van der Waals surface area (Å²) >= 11 is 10.1. The molecule has 19 heavy (non-hydrogen) atoms. The molecule has 6 heteroatoms. The number of rotatable bonds is 2. The molecule has 0 amide bonds. The first-order valence-corrected chi connectivity index (χ1v) is 8.24. The van der Waals surface area contributed by atoms with E-state index in [1.165, 1.54) is 0 Å². The third-order valence-corrected chi connectivity index (χ3v) is 5.12. The van der Waals surface area contributed by atoms with Gasteiger partial charge in [0.05, 0.1) is 15.7 Å². The zero-order chi connectivity index (χ0) is 14.2. The number of aromatic nitrogens is 3. The van der Waals surface area contributed by atoms with E-state index in [4.69, 9.17) is 11.6 Å². The summed E-state index contributed by atoms with van der Waals surface area (Å²) < 4.78 is 0.936. The molecule has 0 bridgehead atoms. The first-order valence-electron chi connectivity index (χ1n) is 5.91. The predicted molar refractivity (Wildman–Crippen MR) is 88.1 cm³/mol. The van der Waals surface area contributed by atoms with Gasteiger partial charge in [0.1, 0.15) is 16.0 Å². The van der Waals surface area contributed by atoms with Crippen molar-refractivity contribution >= 4 is 45.5 Å². The van der Waals surface area contributed by atoms with Crippen LogP contribution in [0.4, 0.5) is 0 Å². The summed E-state index contributed by atoms with van der Waals surface area (Å²) in [6, 6.07) is 0. The van der Waals surface area contributed by atoms with Gasteiger partial charge in [0.2, 0.25) is 0 Å². The van der Waals surface area contributed by atoms with Gasteiger partial charge in [-0.1, -0.05) is 32.4 Å². The molecule has 0 unspecified atom stereocenters. The molecule has 0 aliphatic carbocycles. The zero-order valence-corrected chi connectivity index (χ0v) is 15.0. The van der Waals surface area contributed by atoms with Gasteiger partial charge in [0.25, 0.3) is 0 Å². The van der Waals surface area contributed by atoms with Crippen molar-refractivity contribution in [3.05, 3.63) is 36.3 Å². The Balaban J connectivity index is 2.39. The largest absolute Gasteiger partial charge is 0.246 e. The summed E-state index contributed by atoms with van der Waals surface area (Å²) in [4.78, 5) is 13.5. The summed E-state index contributed by atoms with van der Waals surface area (Å²) in [7, 11) is 0. The van der Waals surface area contributed by atoms with E-state index in [1.807, 2.05) is 12.3 Å². The molecule has 2 aromatic rings. The molecule has 0 saturated carbocycles. The highest BCUT2D eigenvalue weighted by Crippen LogP contribution is 2.29. The third-order valence-electron chi connectivity index (χ3n) is 2.54. The molecule has 2 aromatic heterocycles. The van der Waals surface area contributed by atoms with Crippen LogP contribution in [-0.4, -0.2) is 15.0 Å². The van der Waals surface area contributed by atoms with Crippen LogP contribution >= 0.6 is 45.5 Å². The fourth-order valence-corrected chi connectivity index (χ4v) is 3.66. The van der Waals surface area contributed by atoms with Crippen molar-refractivity contribution < 1.29 is 0 Å². The number of hydrogen-bond donors (Lipinski definition) is 0. The van der Waals surface area contributed by atoms with Gasteiger partial charge < -0.3 is 0 Å². The van der Waals surface area contributed by atoms with Gasteiger partial charge in [-0.25, -0.2) is 15.0 Å². The normalized spacial score (nSPS) is 11.9. The lowest BCUT2D eigenvalue weighted by molar-refractivity contribution is 0.558. The van der Waals surface area contributed by atoms with Gasteiger partial charge in [0, 0.05) is 16.5 Å². The lowest BCUT2D eigenvalue weighted by Gasteiger charge is -2.20. The van der Waals surface area contributed by atoms with Crippen LogP contribution in [0.15, 0.2) is 5.38 Å². The smallest absolute Gasteiger partial charge is 0.146 e. The Hall–Kier alpha value is -0.270. The number of nitrogens with zero attached hydrogens (tertiary/aromatic N) is 3. The quantitative estimate of drug-likeness (QED) is 0.547. The predicted octanol–water partition coefficient (Wildman–Crippen LogP) is 4.39. The average molecular weight is 408 g/mol. The van der Waals surface area contributed by atoms with Crippen LogP contribution in [0.3, 0.4) is 0 Å². The second-order valence-electron chi connectivity index (χ2n) is 5.40. The monoisotopic (exact) mass is 407 g/mol. The molecule has 0 fully saturated rings. The molecule has 2 rings (SSSR count). The van der Waals surface area contributed by atoms with E-state index in [0.29, 0.717) is 11.6 Å². The van der Waals surface area contributed by atoms with Gasteiger partial charge in [-0.15, -0.1) is 11.3 Å². The van der Waals surface area contributed by atoms with Crippen LogP contribution in [0.1, 0.15) is 43.0 Å². The maximum atomic E-state index is 6.22. The molecule has 0 aliphatic heterocycles. The molecule has 2 heterocycles. The first-order chi connectivity index (χ1) is 8.77. The summed E-state index contributed by atoms with van der Waals surface area (Å²) in [6.45, 7) is 8.38. The van der Waals surface area contributed by atoms with Crippen LogP contribution < -0.4 is 0 Å². The van der Waals surface area contributed by atoms with E-state index < -0.39 is 0 Å². The molecular weight excluding hydrogens is 393 g/mol. The second kappa shape index (κ2) is 5.61. The van der Waals surface area contributed by atoms with E-state index in [0.717, 1.165) is 25.8 Å². The molecule has 0 spiro atoms. The molecule has 0 atom stereocenters. The second-order valence-corrected chi connectivity index (χ2v) is 7.78. The number of thiazole rings is 1. The van der Waals surface area contributed by atoms with Crippen molar-refractivity contribution in [3.63, 3.8) is 0 Å². The highest BCUT2D eigenvalue weighted by atomic mass is 127. The molecule has 0 N–H and O–H groups in total. The Morgan fingerprint density at radius 3 is 2.47 bits per heavy atom. The minimum Gasteiger partial charge on any atom is -0.246 e.